The number of phenols is 1. The van der Waals surface area contributed by atoms with Gasteiger partial charge in [-0.25, -0.2) is 4.79 Å². The summed E-state index contributed by atoms with van der Waals surface area (Å²) in [6.45, 7) is 7.96. The standard InChI is InChI=1S/C27H33F2NO10/c1-5-10-37-26(34)27(28,29)19-13-22(32)25(23(14-19)40-24(33)7-6-11-39-30(35)36)21-12-18(15-38-17(4)31)8-9-20(21)16(2)3/h12-14,20-21,32H,2,5-11,15H2,1,3-4H3. The lowest BCUT2D eigenvalue weighted by atomic mass is 9.73. The molecule has 40 heavy (non-hydrogen) atoms. The highest BCUT2D eigenvalue weighted by molar-refractivity contribution is 5.80. The van der Waals surface area contributed by atoms with Gasteiger partial charge in [0.15, 0.2) is 0 Å². The Morgan fingerprint density at radius 2 is 1.90 bits per heavy atom. The molecule has 1 aromatic rings. The summed E-state index contributed by atoms with van der Waals surface area (Å²) in [7, 11) is 0. The van der Waals surface area contributed by atoms with Crippen molar-refractivity contribution >= 4 is 17.9 Å². The number of allylic oxidation sites excluding steroid dienone is 2. The van der Waals surface area contributed by atoms with E-state index in [1.807, 2.05) is 0 Å². The van der Waals surface area contributed by atoms with E-state index in [9.17, 15) is 29.6 Å². The monoisotopic (exact) mass is 569 g/mol. The van der Waals surface area contributed by atoms with Crippen LogP contribution in [0.1, 0.15) is 69.9 Å². The number of carbonyl (C=O) groups excluding carboxylic acids is 3. The molecule has 0 aliphatic heterocycles. The zero-order valence-corrected chi connectivity index (χ0v) is 22.6. The van der Waals surface area contributed by atoms with Gasteiger partial charge in [0.05, 0.1) is 13.2 Å². The maximum atomic E-state index is 15.0. The van der Waals surface area contributed by atoms with Gasteiger partial charge in [-0.05, 0) is 56.2 Å². The van der Waals surface area contributed by atoms with Crippen molar-refractivity contribution in [2.24, 2.45) is 5.92 Å². The Labute approximate surface area is 229 Å². The van der Waals surface area contributed by atoms with Gasteiger partial charge >= 0.3 is 23.8 Å². The summed E-state index contributed by atoms with van der Waals surface area (Å²) in [5, 5.41) is 20.3. The molecule has 0 saturated carbocycles. The van der Waals surface area contributed by atoms with E-state index >= 15 is 8.78 Å². The van der Waals surface area contributed by atoms with Crippen LogP contribution in [0.5, 0.6) is 11.5 Å². The summed E-state index contributed by atoms with van der Waals surface area (Å²) in [4.78, 5) is 50.5. The maximum Gasteiger partial charge on any atom is 0.381 e. The van der Waals surface area contributed by atoms with Crippen molar-refractivity contribution in [3.8, 4) is 11.5 Å². The number of aromatic hydroxyl groups is 1. The van der Waals surface area contributed by atoms with Gasteiger partial charge in [0.1, 0.15) is 18.1 Å². The van der Waals surface area contributed by atoms with Gasteiger partial charge in [0, 0.05) is 30.4 Å². The highest BCUT2D eigenvalue weighted by Gasteiger charge is 2.44. The van der Waals surface area contributed by atoms with Crippen LogP contribution in [0.2, 0.25) is 0 Å². The third-order valence-electron chi connectivity index (χ3n) is 6.17. The lowest BCUT2D eigenvalue weighted by molar-refractivity contribution is -0.757. The molecule has 2 unspecified atom stereocenters. The van der Waals surface area contributed by atoms with Gasteiger partial charge in [0.25, 0.3) is 5.09 Å². The average molecular weight is 570 g/mol. The molecule has 0 amide bonds. The first-order chi connectivity index (χ1) is 18.8. The summed E-state index contributed by atoms with van der Waals surface area (Å²) in [6, 6.07) is 1.51. The van der Waals surface area contributed by atoms with Crippen LogP contribution in [0.25, 0.3) is 0 Å². The van der Waals surface area contributed by atoms with Crippen LogP contribution in [0.3, 0.4) is 0 Å². The van der Waals surface area contributed by atoms with Crippen LogP contribution < -0.4 is 4.74 Å². The predicted molar refractivity (Wildman–Crippen MR) is 136 cm³/mol. The zero-order valence-electron chi connectivity index (χ0n) is 22.6. The van der Waals surface area contributed by atoms with Crippen LogP contribution >= 0.6 is 0 Å². The minimum atomic E-state index is -4.18. The van der Waals surface area contributed by atoms with Crippen molar-refractivity contribution in [3.05, 3.63) is 57.2 Å². The SMILES string of the molecule is C=C(C)C1CCC(COC(C)=O)=CC1c1c(O)cc(C(F)(F)C(=O)OCCC)cc1OC(=O)CCCO[N+](=O)[O-]. The van der Waals surface area contributed by atoms with Crippen molar-refractivity contribution in [2.75, 3.05) is 19.8 Å². The largest absolute Gasteiger partial charge is 0.507 e. The number of nitrogens with zero attached hydrogens (tertiary/aromatic N) is 1. The molecule has 0 saturated heterocycles. The number of alkyl halides is 2. The van der Waals surface area contributed by atoms with E-state index in [0.717, 1.165) is 6.07 Å². The summed E-state index contributed by atoms with van der Waals surface area (Å²) in [6.07, 6.45) is 2.59. The third kappa shape index (κ3) is 8.75. The van der Waals surface area contributed by atoms with E-state index < -0.39 is 58.5 Å². The summed E-state index contributed by atoms with van der Waals surface area (Å²) in [5.74, 6) is -9.57. The first-order valence-corrected chi connectivity index (χ1v) is 12.7. The van der Waals surface area contributed by atoms with Crippen LogP contribution in [-0.2, 0) is 34.6 Å². The fourth-order valence-electron chi connectivity index (χ4n) is 4.27. The van der Waals surface area contributed by atoms with E-state index in [2.05, 4.69) is 16.2 Å². The first kappa shape index (κ1) is 32.2. The Morgan fingerprint density at radius 1 is 1.20 bits per heavy atom. The molecule has 0 fully saturated rings. The molecule has 0 spiro atoms. The minimum absolute atomic E-state index is 0.00982. The molecule has 1 aliphatic carbocycles. The van der Waals surface area contributed by atoms with E-state index in [-0.39, 0.29) is 37.5 Å². The van der Waals surface area contributed by atoms with Crippen LogP contribution in [0.15, 0.2) is 35.9 Å². The number of halogens is 2. The molecule has 0 radical (unpaired) electrons. The van der Waals surface area contributed by atoms with Crippen molar-refractivity contribution in [2.45, 2.75) is 64.7 Å². The fraction of sp³-hybridized carbons (Fsp3) is 0.519. The van der Waals surface area contributed by atoms with Crippen LogP contribution in [-0.4, -0.2) is 47.9 Å². The Kier molecular flexibility index (Phi) is 11.6. The third-order valence-corrected chi connectivity index (χ3v) is 6.17. The zero-order chi connectivity index (χ0) is 30.0. The van der Waals surface area contributed by atoms with Gasteiger partial charge < -0.3 is 24.2 Å². The van der Waals surface area contributed by atoms with Crippen molar-refractivity contribution < 1.29 is 52.4 Å². The maximum absolute atomic E-state index is 15.0. The second-order valence-electron chi connectivity index (χ2n) is 9.37. The molecule has 0 heterocycles. The first-order valence-electron chi connectivity index (χ1n) is 12.7. The second-order valence-corrected chi connectivity index (χ2v) is 9.37. The molecule has 1 N–H and O–H groups in total. The molecule has 11 nitrogen and oxygen atoms in total. The van der Waals surface area contributed by atoms with E-state index in [1.54, 1.807) is 19.9 Å². The summed E-state index contributed by atoms with van der Waals surface area (Å²) in [5.41, 5.74) is 0.438. The molecule has 220 valence electrons. The van der Waals surface area contributed by atoms with E-state index in [0.29, 0.717) is 36.5 Å². The number of benzene rings is 1. The molecule has 1 aliphatic rings. The molecule has 2 rings (SSSR count). The normalized spacial score (nSPS) is 16.9. The Bertz CT molecular complexity index is 1160. The molecule has 0 bridgehead atoms. The van der Waals surface area contributed by atoms with Gasteiger partial charge in [-0.15, -0.1) is 10.1 Å². The molecular formula is C27H33F2NO10. The van der Waals surface area contributed by atoms with Crippen molar-refractivity contribution in [3.63, 3.8) is 0 Å². The number of hydrogen-bond donors (Lipinski definition) is 1. The quantitative estimate of drug-likeness (QED) is 0.0819. The van der Waals surface area contributed by atoms with Crippen molar-refractivity contribution in [1.29, 1.82) is 0 Å². The minimum Gasteiger partial charge on any atom is -0.507 e. The lowest BCUT2D eigenvalue weighted by Crippen LogP contribution is -2.29. The van der Waals surface area contributed by atoms with Gasteiger partial charge in [-0.2, -0.15) is 8.78 Å². The van der Waals surface area contributed by atoms with Gasteiger partial charge in [-0.1, -0.05) is 25.2 Å². The average Bonchev–Trinajstić information content (AvgIpc) is 2.87. The molecule has 1 aromatic carbocycles. The van der Waals surface area contributed by atoms with Gasteiger partial charge in [-0.3, -0.25) is 9.59 Å². The topological polar surface area (TPSA) is 152 Å². The molecular weight excluding hydrogens is 536 g/mol. The number of esters is 3. The molecule has 2 atom stereocenters. The Morgan fingerprint density at radius 3 is 2.50 bits per heavy atom. The van der Waals surface area contributed by atoms with Crippen LogP contribution in [0.4, 0.5) is 8.78 Å². The smallest absolute Gasteiger partial charge is 0.381 e. The predicted octanol–water partition coefficient (Wildman–Crippen LogP) is 4.89. The Hall–Kier alpha value is -4.03. The number of ether oxygens (including phenoxy) is 3. The highest BCUT2D eigenvalue weighted by Crippen LogP contribution is 2.48. The molecule has 13 heteroatoms. The lowest BCUT2D eigenvalue weighted by Gasteiger charge is -2.33. The summed E-state index contributed by atoms with van der Waals surface area (Å²) >= 11 is 0. The van der Waals surface area contributed by atoms with Crippen molar-refractivity contribution in [1.82, 2.24) is 0 Å². The molecule has 0 aromatic heterocycles. The fourth-order valence-corrected chi connectivity index (χ4v) is 4.27. The number of carbonyl (C=O) groups is 3. The summed E-state index contributed by atoms with van der Waals surface area (Å²) < 4.78 is 45.1. The number of phenolic OH excluding ortho intramolecular Hbond substituents is 1. The van der Waals surface area contributed by atoms with E-state index in [1.165, 1.54) is 6.92 Å². The Balaban J connectivity index is 2.57. The van der Waals surface area contributed by atoms with E-state index in [4.69, 9.17) is 9.47 Å². The number of hydrogen-bond acceptors (Lipinski definition) is 10. The van der Waals surface area contributed by atoms with Crippen LogP contribution in [0, 0.1) is 16.0 Å². The highest BCUT2D eigenvalue weighted by atomic mass is 19.3. The van der Waals surface area contributed by atoms with Gasteiger partial charge in [0.2, 0.25) is 0 Å². The second kappa shape index (κ2) is 14.4. The number of rotatable bonds is 14.